The van der Waals surface area contributed by atoms with Crippen molar-refractivity contribution >= 4 is 29.9 Å². The Morgan fingerprint density at radius 3 is 2.52 bits per heavy atom. The van der Waals surface area contributed by atoms with E-state index in [1.54, 1.807) is 0 Å². The lowest BCUT2D eigenvalue weighted by atomic mass is 10.1. The van der Waals surface area contributed by atoms with Crippen LogP contribution in [-0.4, -0.2) is 38.9 Å². The molecule has 1 aromatic carbocycles. The lowest BCUT2D eigenvalue weighted by Gasteiger charge is -2.15. The number of aliphatic hydroxyl groups excluding tert-OH is 1. The standard InChI is InChI=1S/C19H30N6O.HI/c1-4-5-12-20-19(22-14-18-24-23-15(2)25(18)3)21-13-11-17(26)16-9-7-6-8-10-16;/h6-10,17,26H,4-5,11-14H2,1-3H3,(H2,20,21,22);1H. The third-order valence-corrected chi connectivity index (χ3v) is 4.28. The molecule has 0 aliphatic carbocycles. The molecular formula is C19H31IN6O. The highest BCUT2D eigenvalue weighted by atomic mass is 127. The van der Waals surface area contributed by atoms with Crippen molar-refractivity contribution < 1.29 is 5.11 Å². The first kappa shape index (κ1) is 23.4. The van der Waals surface area contributed by atoms with Crippen molar-refractivity contribution in [1.29, 1.82) is 0 Å². The minimum absolute atomic E-state index is 0. The molecule has 3 N–H and O–H groups in total. The molecule has 0 saturated carbocycles. The first-order valence-electron chi connectivity index (χ1n) is 9.22. The van der Waals surface area contributed by atoms with E-state index in [2.05, 4.69) is 32.7 Å². The average Bonchev–Trinajstić information content (AvgIpc) is 2.98. The van der Waals surface area contributed by atoms with Gasteiger partial charge in [-0.3, -0.25) is 0 Å². The number of benzene rings is 1. The number of nitrogens with one attached hydrogen (secondary N) is 2. The summed E-state index contributed by atoms with van der Waals surface area (Å²) in [5, 5.41) is 25.1. The van der Waals surface area contributed by atoms with Gasteiger partial charge in [-0.25, -0.2) is 4.99 Å². The summed E-state index contributed by atoms with van der Waals surface area (Å²) in [5.41, 5.74) is 0.932. The van der Waals surface area contributed by atoms with Crippen LogP contribution in [0.4, 0.5) is 0 Å². The number of aromatic nitrogens is 3. The van der Waals surface area contributed by atoms with Gasteiger partial charge in [-0.2, -0.15) is 0 Å². The van der Waals surface area contributed by atoms with Crippen LogP contribution in [0.2, 0.25) is 0 Å². The van der Waals surface area contributed by atoms with E-state index >= 15 is 0 Å². The third kappa shape index (κ3) is 7.84. The molecule has 0 bridgehead atoms. The number of hydrogen-bond acceptors (Lipinski definition) is 4. The highest BCUT2D eigenvalue weighted by Crippen LogP contribution is 2.14. The molecule has 0 aliphatic heterocycles. The highest BCUT2D eigenvalue weighted by molar-refractivity contribution is 14.0. The molecule has 1 unspecified atom stereocenters. The van der Waals surface area contributed by atoms with Gasteiger partial charge in [-0.15, -0.1) is 34.2 Å². The number of unbranched alkanes of at least 4 members (excludes halogenated alkanes) is 1. The predicted molar refractivity (Wildman–Crippen MR) is 119 cm³/mol. The van der Waals surface area contributed by atoms with Crippen LogP contribution in [0.25, 0.3) is 0 Å². The van der Waals surface area contributed by atoms with E-state index < -0.39 is 6.10 Å². The Kier molecular flexibility index (Phi) is 11.0. The van der Waals surface area contributed by atoms with Crippen LogP contribution in [0, 0.1) is 6.92 Å². The number of rotatable bonds is 9. The second kappa shape index (κ2) is 12.7. The van der Waals surface area contributed by atoms with Crippen LogP contribution < -0.4 is 10.6 Å². The first-order chi connectivity index (χ1) is 12.6. The number of aliphatic imine (C=N–C) groups is 1. The summed E-state index contributed by atoms with van der Waals surface area (Å²) >= 11 is 0. The summed E-state index contributed by atoms with van der Waals surface area (Å²) in [6, 6.07) is 9.71. The third-order valence-electron chi connectivity index (χ3n) is 4.28. The zero-order chi connectivity index (χ0) is 18.8. The van der Waals surface area contributed by atoms with E-state index in [0.29, 0.717) is 19.5 Å². The van der Waals surface area contributed by atoms with Gasteiger partial charge in [0.1, 0.15) is 12.4 Å². The van der Waals surface area contributed by atoms with Crippen LogP contribution in [0.3, 0.4) is 0 Å². The number of halogens is 1. The molecule has 2 aromatic rings. The molecule has 1 aromatic heterocycles. The molecule has 2 rings (SSSR count). The normalized spacial score (nSPS) is 12.4. The largest absolute Gasteiger partial charge is 0.388 e. The van der Waals surface area contributed by atoms with Crippen LogP contribution in [0.1, 0.15) is 49.5 Å². The van der Waals surface area contributed by atoms with Crippen molar-refractivity contribution in [2.75, 3.05) is 13.1 Å². The highest BCUT2D eigenvalue weighted by Gasteiger charge is 2.08. The summed E-state index contributed by atoms with van der Waals surface area (Å²) in [4.78, 5) is 4.60. The maximum absolute atomic E-state index is 10.3. The molecule has 0 spiro atoms. The Bertz CT molecular complexity index is 689. The van der Waals surface area contributed by atoms with Crippen molar-refractivity contribution in [2.24, 2.45) is 12.0 Å². The SMILES string of the molecule is CCCCNC(=NCc1nnc(C)n1C)NCCC(O)c1ccccc1.I. The summed E-state index contributed by atoms with van der Waals surface area (Å²) < 4.78 is 1.94. The second-order valence-corrected chi connectivity index (χ2v) is 6.31. The molecule has 27 heavy (non-hydrogen) atoms. The zero-order valence-electron chi connectivity index (χ0n) is 16.4. The van der Waals surface area contributed by atoms with Crippen molar-refractivity contribution in [1.82, 2.24) is 25.4 Å². The van der Waals surface area contributed by atoms with Gasteiger partial charge in [-0.1, -0.05) is 43.7 Å². The Morgan fingerprint density at radius 1 is 1.19 bits per heavy atom. The molecule has 0 fully saturated rings. The van der Waals surface area contributed by atoms with E-state index in [9.17, 15) is 5.11 Å². The van der Waals surface area contributed by atoms with Crippen molar-refractivity contribution in [3.8, 4) is 0 Å². The fourth-order valence-corrected chi connectivity index (χ4v) is 2.47. The van der Waals surface area contributed by atoms with Crippen LogP contribution in [0.5, 0.6) is 0 Å². The Balaban J connectivity index is 0.00000364. The topological polar surface area (TPSA) is 87.4 Å². The summed E-state index contributed by atoms with van der Waals surface area (Å²) in [6.07, 6.45) is 2.33. The molecule has 150 valence electrons. The van der Waals surface area contributed by atoms with Gasteiger partial charge in [0.25, 0.3) is 0 Å². The van der Waals surface area contributed by atoms with Crippen LogP contribution in [-0.2, 0) is 13.6 Å². The molecule has 1 atom stereocenters. The van der Waals surface area contributed by atoms with Gasteiger partial charge in [0.2, 0.25) is 0 Å². The molecule has 0 radical (unpaired) electrons. The maximum atomic E-state index is 10.3. The van der Waals surface area contributed by atoms with Gasteiger partial charge in [0.05, 0.1) is 6.10 Å². The lowest BCUT2D eigenvalue weighted by Crippen LogP contribution is -2.38. The Hall–Kier alpha value is -1.68. The van der Waals surface area contributed by atoms with Gasteiger partial charge >= 0.3 is 0 Å². The van der Waals surface area contributed by atoms with Crippen molar-refractivity contribution in [3.63, 3.8) is 0 Å². The second-order valence-electron chi connectivity index (χ2n) is 6.31. The fraction of sp³-hybridized carbons (Fsp3) is 0.526. The number of guanidine groups is 1. The number of aliphatic hydroxyl groups is 1. The Labute approximate surface area is 178 Å². The number of hydrogen-bond donors (Lipinski definition) is 3. The molecule has 0 amide bonds. The van der Waals surface area contributed by atoms with Crippen LogP contribution >= 0.6 is 24.0 Å². The quantitative estimate of drug-likeness (QED) is 0.220. The van der Waals surface area contributed by atoms with Gasteiger partial charge in [-0.05, 0) is 25.3 Å². The number of nitrogens with zero attached hydrogens (tertiary/aromatic N) is 4. The minimum atomic E-state index is -0.484. The molecule has 0 saturated heterocycles. The molecule has 1 heterocycles. The average molecular weight is 486 g/mol. The van der Waals surface area contributed by atoms with Gasteiger partial charge in [0.15, 0.2) is 11.8 Å². The molecule has 7 nitrogen and oxygen atoms in total. The molecular weight excluding hydrogens is 455 g/mol. The number of aryl methyl sites for hydroxylation is 1. The summed E-state index contributed by atoms with van der Waals surface area (Å²) in [6.45, 7) is 6.03. The van der Waals surface area contributed by atoms with E-state index in [-0.39, 0.29) is 24.0 Å². The molecule has 0 aliphatic rings. The first-order valence-corrected chi connectivity index (χ1v) is 9.22. The monoisotopic (exact) mass is 486 g/mol. The smallest absolute Gasteiger partial charge is 0.191 e. The van der Waals surface area contributed by atoms with Crippen molar-refractivity contribution in [2.45, 2.75) is 45.8 Å². The Morgan fingerprint density at radius 2 is 1.89 bits per heavy atom. The minimum Gasteiger partial charge on any atom is -0.388 e. The summed E-state index contributed by atoms with van der Waals surface area (Å²) in [7, 11) is 1.94. The van der Waals surface area contributed by atoms with E-state index in [1.807, 2.05) is 48.9 Å². The maximum Gasteiger partial charge on any atom is 0.191 e. The van der Waals surface area contributed by atoms with E-state index in [4.69, 9.17) is 0 Å². The van der Waals surface area contributed by atoms with E-state index in [1.165, 1.54) is 0 Å². The fourth-order valence-electron chi connectivity index (χ4n) is 2.47. The van der Waals surface area contributed by atoms with Gasteiger partial charge < -0.3 is 20.3 Å². The lowest BCUT2D eigenvalue weighted by molar-refractivity contribution is 0.168. The van der Waals surface area contributed by atoms with Crippen molar-refractivity contribution in [3.05, 3.63) is 47.5 Å². The summed E-state index contributed by atoms with van der Waals surface area (Å²) in [5.74, 6) is 2.43. The molecule has 8 heteroatoms. The van der Waals surface area contributed by atoms with Gasteiger partial charge in [0, 0.05) is 20.1 Å². The predicted octanol–water partition coefficient (Wildman–Crippen LogP) is 2.70. The zero-order valence-corrected chi connectivity index (χ0v) is 18.7. The van der Waals surface area contributed by atoms with E-state index in [0.717, 1.165) is 42.6 Å². The van der Waals surface area contributed by atoms with Crippen LogP contribution in [0.15, 0.2) is 35.3 Å².